The number of alkyl carbamates (subject to hydrolysis) is 1. The minimum atomic E-state index is -1.01. The molecular weight excluding hydrogens is 503 g/mol. The molecule has 1 heterocycles. The normalized spacial score (nSPS) is 13.4. The molecule has 0 saturated carbocycles. The molecule has 1 aliphatic rings. The summed E-state index contributed by atoms with van der Waals surface area (Å²) < 4.78 is 6.43. The van der Waals surface area contributed by atoms with Crippen LogP contribution in [0, 0.1) is 2.88 Å². The number of benzene rings is 2. The summed E-state index contributed by atoms with van der Waals surface area (Å²) in [4.78, 5) is 27.8. The number of amides is 1. The van der Waals surface area contributed by atoms with Gasteiger partial charge in [0.25, 0.3) is 0 Å². The van der Waals surface area contributed by atoms with Crippen molar-refractivity contribution in [2.75, 3.05) is 6.61 Å². The first-order chi connectivity index (χ1) is 14.0. The summed E-state index contributed by atoms with van der Waals surface area (Å²) in [5.41, 5.74) is 4.55. The van der Waals surface area contributed by atoms with Crippen molar-refractivity contribution in [1.82, 2.24) is 10.3 Å². The van der Waals surface area contributed by atoms with E-state index in [9.17, 15) is 9.59 Å². The van der Waals surface area contributed by atoms with Gasteiger partial charge >= 0.3 is 12.1 Å². The fourth-order valence-electron chi connectivity index (χ4n) is 3.59. The summed E-state index contributed by atoms with van der Waals surface area (Å²) in [5.74, 6) is -1.06. The van der Waals surface area contributed by atoms with Crippen LogP contribution in [0.3, 0.4) is 0 Å². The first kappa shape index (κ1) is 19.8. The number of fused-ring (bicyclic) bond motifs is 3. The number of aliphatic carboxylic acids is 1. The molecule has 3 aromatic rings. The van der Waals surface area contributed by atoms with Gasteiger partial charge in [-0.2, -0.15) is 0 Å². The molecule has 29 heavy (non-hydrogen) atoms. The first-order valence-electron chi connectivity index (χ1n) is 8.97. The van der Waals surface area contributed by atoms with E-state index in [1.54, 1.807) is 6.20 Å². The summed E-state index contributed by atoms with van der Waals surface area (Å²) in [6.07, 6.45) is 0.742. The number of carbonyl (C=O) groups is 2. The summed E-state index contributed by atoms with van der Waals surface area (Å²) in [6, 6.07) is 15.5. The molecular formula is C21H17IN2O4S. The monoisotopic (exact) mass is 520 g/mol. The molecule has 1 amide bonds. The first-order valence-corrected chi connectivity index (χ1v) is 10.9. The van der Waals surface area contributed by atoms with Crippen LogP contribution in [0.5, 0.6) is 0 Å². The van der Waals surface area contributed by atoms with Crippen LogP contribution in [0.4, 0.5) is 4.79 Å². The number of aromatic nitrogens is 1. The predicted octanol–water partition coefficient (Wildman–Crippen LogP) is 4.80. The highest BCUT2D eigenvalue weighted by Crippen LogP contribution is 2.44. The van der Waals surface area contributed by atoms with Crippen LogP contribution >= 0.6 is 33.9 Å². The van der Waals surface area contributed by atoms with Gasteiger partial charge in [0.15, 0.2) is 0 Å². The zero-order valence-electron chi connectivity index (χ0n) is 15.2. The van der Waals surface area contributed by atoms with Crippen molar-refractivity contribution in [3.63, 3.8) is 0 Å². The Morgan fingerprint density at radius 1 is 1.14 bits per heavy atom. The molecule has 1 aromatic heterocycles. The molecule has 2 N–H and O–H groups in total. The van der Waals surface area contributed by atoms with E-state index in [1.807, 2.05) is 36.4 Å². The maximum absolute atomic E-state index is 12.4. The number of thiazole rings is 1. The number of rotatable bonds is 6. The van der Waals surface area contributed by atoms with E-state index in [0.29, 0.717) is 5.01 Å². The van der Waals surface area contributed by atoms with E-state index in [0.717, 1.165) is 25.1 Å². The average molecular weight is 520 g/mol. The minimum Gasteiger partial charge on any atom is -0.481 e. The quantitative estimate of drug-likeness (QED) is 0.456. The lowest BCUT2D eigenvalue weighted by molar-refractivity contribution is -0.137. The number of halogens is 1. The van der Waals surface area contributed by atoms with Gasteiger partial charge in [-0.3, -0.25) is 4.79 Å². The average Bonchev–Trinajstić information content (AvgIpc) is 3.27. The van der Waals surface area contributed by atoms with Crippen LogP contribution in [-0.4, -0.2) is 28.8 Å². The van der Waals surface area contributed by atoms with Crippen molar-refractivity contribution in [1.29, 1.82) is 0 Å². The molecule has 1 aliphatic carbocycles. The molecule has 0 unspecified atom stereocenters. The number of nitrogens with zero attached hydrogens (tertiary/aromatic N) is 1. The smallest absolute Gasteiger partial charge is 0.407 e. The van der Waals surface area contributed by atoms with E-state index >= 15 is 0 Å². The van der Waals surface area contributed by atoms with E-state index in [4.69, 9.17) is 9.84 Å². The van der Waals surface area contributed by atoms with Crippen molar-refractivity contribution in [2.24, 2.45) is 0 Å². The van der Waals surface area contributed by atoms with Gasteiger partial charge in [0.2, 0.25) is 0 Å². The summed E-state index contributed by atoms with van der Waals surface area (Å²) in [6.45, 7) is 0.176. The second kappa shape index (κ2) is 8.50. The zero-order chi connectivity index (χ0) is 20.4. The lowest BCUT2D eigenvalue weighted by Crippen LogP contribution is -2.31. The molecule has 0 saturated heterocycles. The van der Waals surface area contributed by atoms with Crippen molar-refractivity contribution in [3.05, 3.63) is 73.7 Å². The molecule has 148 valence electrons. The van der Waals surface area contributed by atoms with Crippen LogP contribution in [0.15, 0.2) is 54.7 Å². The highest BCUT2D eigenvalue weighted by atomic mass is 127. The molecule has 4 rings (SSSR count). The van der Waals surface area contributed by atoms with Gasteiger partial charge in [-0.15, -0.1) is 11.3 Å². The molecule has 0 radical (unpaired) electrons. The van der Waals surface area contributed by atoms with Crippen LogP contribution in [0.2, 0.25) is 0 Å². The van der Waals surface area contributed by atoms with E-state index in [-0.39, 0.29) is 18.9 Å². The van der Waals surface area contributed by atoms with Crippen LogP contribution < -0.4 is 5.32 Å². The maximum Gasteiger partial charge on any atom is 0.407 e. The highest BCUT2D eigenvalue weighted by molar-refractivity contribution is 14.1. The molecule has 1 atom stereocenters. The fourth-order valence-corrected chi connectivity index (χ4v) is 5.10. The molecule has 6 nitrogen and oxygen atoms in total. The number of nitrogens with one attached hydrogen (secondary N) is 1. The third kappa shape index (κ3) is 4.27. The van der Waals surface area contributed by atoms with E-state index in [2.05, 4.69) is 45.0 Å². The Labute approximate surface area is 185 Å². The van der Waals surface area contributed by atoms with E-state index < -0.39 is 18.1 Å². The Hall–Kier alpha value is -2.46. The Morgan fingerprint density at radius 2 is 1.76 bits per heavy atom. The Bertz CT molecular complexity index is 1020. The second-order valence-electron chi connectivity index (χ2n) is 6.62. The number of ether oxygens (including phenoxy) is 1. The molecule has 0 aliphatic heterocycles. The molecule has 0 spiro atoms. The summed E-state index contributed by atoms with van der Waals surface area (Å²) >= 11 is 3.46. The number of hydrogen-bond acceptors (Lipinski definition) is 5. The van der Waals surface area contributed by atoms with Crippen molar-refractivity contribution in [2.45, 2.75) is 18.4 Å². The Balaban J connectivity index is 1.47. The lowest BCUT2D eigenvalue weighted by atomic mass is 9.98. The molecule has 2 aromatic carbocycles. The highest BCUT2D eigenvalue weighted by Gasteiger charge is 2.29. The van der Waals surface area contributed by atoms with Crippen molar-refractivity contribution in [3.8, 4) is 11.1 Å². The molecule has 0 fully saturated rings. The predicted molar refractivity (Wildman–Crippen MR) is 118 cm³/mol. The maximum atomic E-state index is 12.4. The van der Waals surface area contributed by atoms with Gasteiger partial charge in [0.1, 0.15) is 11.6 Å². The van der Waals surface area contributed by atoms with Gasteiger partial charge in [-0.25, -0.2) is 9.78 Å². The van der Waals surface area contributed by atoms with Crippen molar-refractivity contribution < 1.29 is 19.4 Å². The lowest BCUT2D eigenvalue weighted by Gasteiger charge is -2.17. The summed E-state index contributed by atoms with van der Waals surface area (Å²) in [5, 5.41) is 12.4. The number of carboxylic acid groups (broad SMARTS) is 1. The third-order valence-electron chi connectivity index (χ3n) is 4.81. The zero-order valence-corrected chi connectivity index (χ0v) is 18.1. The van der Waals surface area contributed by atoms with E-state index in [1.165, 1.54) is 11.3 Å². The topological polar surface area (TPSA) is 88.5 Å². The molecule has 8 heteroatoms. The number of hydrogen-bond donors (Lipinski definition) is 2. The minimum absolute atomic E-state index is 0.0492. The van der Waals surface area contributed by atoms with Gasteiger partial charge in [0.05, 0.1) is 21.5 Å². The fraction of sp³-hybridized carbons (Fsp3) is 0.190. The second-order valence-corrected chi connectivity index (χ2v) is 9.58. The standard InChI is InChI=1S/C21H17IN2O4S/c22-18-10-23-20(29-18)17(9-19(25)26)24-21(27)28-11-16-14-7-3-1-5-12(14)13-6-2-4-8-15(13)16/h1-8,10,16-17H,9,11H2,(H,24,27)(H,25,26)/t17-/m0/s1. The Kier molecular flexibility index (Phi) is 5.81. The van der Waals surface area contributed by atoms with Gasteiger partial charge in [-0.05, 0) is 44.8 Å². The van der Waals surface area contributed by atoms with Gasteiger partial charge in [-0.1, -0.05) is 48.5 Å². The van der Waals surface area contributed by atoms with Crippen LogP contribution in [0.1, 0.15) is 34.5 Å². The third-order valence-corrected chi connectivity index (χ3v) is 6.65. The van der Waals surface area contributed by atoms with Gasteiger partial charge < -0.3 is 15.2 Å². The Morgan fingerprint density at radius 3 is 2.31 bits per heavy atom. The van der Waals surface area contributed by atoms with Crippen LogP contribution in [0.25, 0.3) is 11.1 Å². The summed E-state index contributed by atoms with van der Waals surface area (Å²) in [7, 11) is 0. The van der Waals surface area contributed by atoms with Gasteiger partial charge in [0, 0.05) is 5.92 Å². The molecule has 0 bridgehead atoms. The van der Waals surface area contributed by atoms with Crippen LogP contribution in [-0.2, 0) is 9.53 Å². The largest absolute Gasteiger partial charge is 0.481 e. The SMILES string of the molecule is O=C(O)C[C@H](NC(=O)OCC1c2ccccc2-c2ccccc21)c1ncc(I)s1. The number of carboxylic acids is 1. The van der Waals surface area contributed by atoms with Crippen molar-refractivity contribution >= 4 is 46.0 Å². The number of carbonyl (C=O) groups excluding carboxylic acids is 1.